The van der Waals surface area contributed by atoms with Crippen LogP contribution in [0.2, 0.25) is 5.02 Å². The number of nitrogens with zero attached hydrogens (tertiary/aromatic N) is 5. The van der Waals surface area contributed by atoms with Crippen molar-refractivity contribution in [3.8, 4) is 11.3 Å². The van der Waals surface area contributed by atoms with Crippen LogP contribution in [0.4, 0.5) is 0 Å². The Morgan fingerprint density at radius 2 is 1.91 bits per heavy atom. The van der Waals surface area contributed by atoms with Crippen molar-refractivity contribution in [2.45, 2.75) is 31.5 Å². The lowest BCUT2D eigenvalue weighted by molar-refractivity contribution is -0.125. The highest BCUT2D eigenvalue weighted by Gasteiger charge is 2.38. The quantitative estimate of drug-likeness (QED) is 0.416. The van der Waals surface area contributed by atoms with Gasteiger partial charge >= 0.3 is 0 Å². The molecule has 1 fully saturated rings. The van der Waals surface area contributed by atoms with Crippen molar-refractivity contribution < 1.29 is 9.21 Å². The third kappa shape index (κ3) is 5.18. The van der Waals surface area contributed by atoms with E-state index in [2.05, 4.69) is 37.9 Å². The molecule has 34 heavy (non-hydrogen) atoms. The normalized spacial score (nSPS) is 18.3. The summed E-state index contributed by atoms with van der Waals surface area (Å²) in [4.78, 5) is 15.3. The minimum absolute atomic E-state index is 0.0102. The van der Waals surface area contributed by atoms with Crippen molar-refractivity contribution >= 4 is 17.5 Å². The smallest absolute Gasteiger partial charge is 0.237 e. The highest BCUT2D eigenvalue weighted by Crippen LogP contribution is 2.30. The molecule has 1 amide bonds. The van der Waals surface area contributed by atoms with E-state index in [1.807, 2.05) is 54.6 Å². The third-order valence-electron chi connectivity index (χ3n) is 6.13. The molecule has 174 valence electrons. The van der Waals surface area contributed by atoms with E-state index in [4.69, 9.17) is 16.0 Å². The maximum Gasteiger partial charge on any atom is 0.237 e. The molecule has 0 spiro atoms. The largest absolute Gasteiger partial charge is 0.460 e. The van der Waals surface area contributed by atoms with Crippen molar-refractivity contribution in [1.29, 1.82) is 0 Å². The number of halogens is 1. The van der Waals surface area contributed by atoms with E-state index in [-0.39, 0.29) is 18.0 Å². The Hall–Kier alpha value is -3.49. The van der Waals surface area contributed by atoms with E-state index in [0.717, 1.165) is 23.5 Å². The molecule has 4 aromatic rings. The first-order valence-corrected chi connectivity index (χ1v) is 11.7. The lowest BCUT2D eigenvalue weighted by atomic mass is 10.1. The number of carbonyl (C=O) groups excluding carboxylic acids is 1. The number of tetrazole rings is 1. The number of nitrogens with one attached hydrogen (secondary N) is 1. The summed E-state index contributed by atoms with van der Waals surface area (Å²) in [7, 11) is 0. The molecule has 0 unspecified atom stereocenters. The molecule has 2 atom stereocenters. The highest BCUT2D eigenvalue weighted by molar-refractivity contribution is 6.30. The fourth-order valence-corrected chi connectivity index (χ4v) is 4.51. The molecule has 0 bridgehead atoms. The minimum Gasteiger partial charge on any atom is -0.460 e. The van der Waals surface area contributed by atoms with Crippen molar-refractivity contribution in [2.24, 2.45) is 0 Å². The summed E-state index contributed by atoms with van der Waals surface area (Å²) in [6.07, 6.45) is 3.02. The van der Waals surface area contributed by atoms with Crippen molar-refractivity contribution in [2.75, 3.05) is 13.1 Å². The van der Waals surface area contributed by atoms with E-state index < -0.39 is 0 Å². The Kier molecular flexibility index (Phi) is 6.69. The van der Waals surface area contributed by atoms with Crippen LogP contribution in [0.5, 0.6) is 0 Å². The van der Waals surface area contributed by atoms with Crippen LogP contribution >= 0.6 is 11.6 Å². The van der Waals surface area contributed by atoms with Gasteiger partial charge in [0.25, 0.3) is 0 Å². The third-order valence-corrected chi connectivity index (χ3v) is 6.38. The van der Waals surface area contributed by atoms with Gasteiger partial charge in [0.1, 0.15) is 17.8 Å². The van der Waals surface area contributed by atoms with Gasteiger partial charge in [-0.3, -0.25) is 9.69 Å². The highest BCUT2D eigenvalue weighted by atomic mass is 35.5. The average molecular weight is 477 g/mol. The second-order valence-corrected chi connectivity index (χ2v) is 8.86. The topological polar surface area (TPSA) is 89.1 Å². The van der Waals surface area contributed by atoms with Gasteiger partial charge in [-0.1, -0.05) is 41.9 Å². The van der Waals surface area contributed by atoms with E-state index in [1.54, 1.807) is 11.0 Å². The first-order chi connectivity index (χ1) is 16.7. The van der Waals surface area contributed by atoms with Crippen LogP contribution < -0.4 is 5.32 Å². The van der Waals surface area contributed by atoms with Crippen LogP contribution in [0.1, 0.15) is 23.8 Å². The Morgan fingerprint density at radius 3 is 2.68 bits per heavy atom. The summed E-state index contributed by atoms with van der Waals surface area (Å²) < 4.78 is 7.83. The van der Waals surface area contributed by atoms with Gasteiger partial charge in [-0.05, 0) is 65.2 Å². The van der Waals surface area contributed by atoms with Crippen LogP contribution in [-0.4, -0.2) is 50.1 Å². The summed E-state index contributed by atoms with van der Waals surface area (Å²) in [6, 6.07) is 21.3. The Balaban J connectivity index is 1.27. The molecule has 1 aliphatic rings. The number of carbonyl (C=O) groups is 1. The Labute approximate surface area is 202 Å². The second-order valence-electron chi connectivity index (χ2n) is 8.42. The van der Waals surface area contributed by atoms with Gasteiger partial charge < -0.3 is 9.73 Å². The SMILES string of the molecule is O=C(NCCc1ccccc1)[C@@H]1C[C@H](n2cnnn2)CN1Cc1ccc(-c2ccc(Cl)cc2)o1. The van der Waals surface area contributed by atoms with E-state index >= 15 is 0 Å². The molecule has 9 heteroatoms. The van der Waals surface area contributed by atoms with E-state index in [1.165, 1.54) is 5.56 Å². The van der Waals surface area contributed by atoms with Gasteiger partial charge in [0.15, 0.2) is 0 Å². The zero-order chi connectivity index (χ0) is 23.3. The van der Waals surface area contributed by atoms with Crippen LogP contribution in [-0.2, 0) is 17.8 Å². The summed E-state index contributed by atoms with van der Waals surface area (Å²) in [5.74, 6) is 1.58. The monoisotopic (exact) mass is 476 g/mol. The zero-order valence-corrected chi connectivity index (χ0v) is 19.3. The van der Waals surface area contributed by atoms with Crippen molar-refractivity contribution in [3.05, 3.63) is 89.4 Å². The lowest BCUT2D eigenvalue weighted by Gasteiger charge is -2.22. The maximum absolute atomic E-state index is 13.2. The number of hydrogen-bond acceptors (Lipinski definition) is 6. The van der Waals surface area contributed by atoms with Crippen LogP contribution in [0, 0.1) is 0 Å². The van der Waals surface area contributed by atoms with E-state index in [0.29, 0.717) is 31.1 Å². The number of aromatic nitrogens is 4. The summed E-state index contributed by atoms with van der Waals surface area (Å²) in [5, 5.41) is 15.4. The minimum atomic E-state index is -0.297. The van der Waals surface area contributed by atoms with Crippen molar-refractivity contribution in [3.63, 3.8) is 0 Å². The molecule has 0 radical (unpaired) electrons. The second kappa shape index (κ2) is 10.2. The van der Waals surface area contributed by atoms with Gasteiger partial charge in [-0.15, -0.1) is 5.10 Å². The molecule has 0 aliphatic carbocycles. The number of furan rings is 1. The molecule has 1 saturated heterocycles. The summed E-state index contributed by atoms with van der Waals surface area (Å²) in [5.41, 5.74) is 2.15. The molecule has 3 heterocycles. The van der Waals surface area contributed by atoms with Gasteiger partial charge in [-0.25, -0.2) is 4.68 Å². The Bertz CT molecular complexity index is 1210. The van der Waals surface area contributed by atoms with Crippen LogP contribution in [0.3, 0.4) is 0 Å². The molecule has 8 nitrogen and oxygen atoms in total. The molecular weight excluding hydrogens is 452 g/mol. The number of benzene rings is 2. The maximum atomic E-state index is 13.2. The number of hydrogen-bond donors (Lipinski definition) is 1. The predicted octanol–water partition coefficient (Wildman–Crippen LogP) is 3.76. The molecule has 5 rings (SSSR count). The summed E-state index contributed by atoms with van der Waals surface area (Å²) >= 11 is 6.00. The number of amides is 1. The fourth-order valence-electron chi connectivity index (χ4n) is 4.38. The molecule has 0 saturated carbocycles. The van der Waals surface area contributed by atoms with Gasteiger partial charge in [0.2, 0.25) is 5.91 Å². The number of likely N-dealkylation sites (tertiary alicyclic amines) is 1. The van der Waals surface area contributed by atoms with Crippen LogP contribution in [0.25, 0.3) is 11.3 Å². The van der Waals surface area contributed by atoms with Crippen LogP contribution in [0.15, 0.2) is 77.5 Å². The first kappa shape index (κ1) is 22.3. The molecule has 2 aromatic heterocycles. The van der Waals surface area contributed by atoms with E-state index in [9.17, 15) is 4.79 Å². The molecule has 1 N–H and O–H groups in total. The Morgan fingerprint density at radius 1 is 1.09 bits per heavy atom. The standard InChI is InChI=1S/C25H25ClN6O2/c26-20-8-6-19(7-9-20)24-11-10-22(34-24)16-31-15-21(32-17-28-29-30-32)14-23(31)25(33)27-13-12-18-4-2-1-3-5-18/h1-11,17,21,23H,12-16H2,(H,27,33)/t21-,23-/m0/s1. The van der Waals surface area contributed by atoms with Gasteiger partial charge in [0.05, 0.1) is 18.6 Å². The van der Waals surface area contributed by atoms with Gasteiger partial charge in [-0.2, -0.15) is 0 Å². The van der Waals surface area contributed by atoms with Crippen molar-refractivity contribution in [1.82, 2.24) is 30.4 Å². The first-order valence-electron chi connectivity index (χ1n) is 11.3. The lowest BCUT2D eigenvalue weighted by Crippen LogP contribution is -2.43. The number of rotatable bonds is 8. The zero-order valence-electron chi connectivity index (χ0n) is 18.5. The molecular formula is C25H25ClN6O2. The summed E-state index contributed by atoms with van der Waals surface area (Å²) in [6.45, 7) is 1.76. The molecule has 2 aromatic carbocycles. The molecule has 1 aliphatic heterocycles. The average Bonchev–Trinajstić information content (AvgIpc) is 3.62. The predicted molar refractivity (Wildman–Crippen MR) is 128 cm³/mol. The van der Waals surface area contributed by atoms with Gasteiger partial charge in [0, 0.05) is 23.7 Å². The fraction of sp³-hybridized carbons (Fsp3) is 0.280.